The van der Waals surface area contributed by atoms with Crippen molar-refractivity contribution in [3.8, 4) is 0 Å². The largest absolute Gasteiger partial charge is 0.347 e. The van der Waals surface area contributed by atoms with Gasteiger partial charge in [-0.25, -0.2) is 8.42 Å². The summed E-state index contributed by atoms with van der Waals surface area (Å²) in [5.74, 6) is -0.000318. The number of carbonyl (C=O) groups is 1. The summed E-state index contributed by atoms with van der Waals surface area (Å²) in [4.78, 5) is 13.0. The van der Waals surface area contributed by atoms with Crippen LogP contribution in [0.25, 0.3) is 0 Å². The van der Waals surface area contributed by atoms with Gasteiger partial charge in [0.2, 0.25) is 15.9 Å². The molecule has 2 unspecified atom stereocenters. The molecule has 0 saturated carbocycles. The zero-order chi connectivity index (χ0) is 20.9. The Bertz CT molecular complexity index is 901. The van der Waals surface area contributed by atoms with Crippen molar-refractivity contribution in [2.24, 2.45) is 5.92 Å². The minimum Gasteiger partial charge on any atom is -0.347 e. The lowest BCUT2D eigenvalue weighted by atomic mass is 9.96. The molecule has 1 N–H and O–H groups in total. The molecule has 2 aromatic rings. The van der Waals surface area contributed by atoms with Gasteiger partial charge in [-0.2, -0.15) is 0 Å². The lowest BCUT2D eigenvalue weighted by molar-refractivity contribution is -0.122. The van der Waals surface area contributed by atoms with Gasteiger partial charge in [0.1, 0.15) is 6.04 Å². The Morgan fingerprint density at radius 3 is 2.25 bits per heavy atom. The molecule has 0 saturated heterocycles. The van der Waals surface area contributed by atoms with E-state index in [2.05, 4.69) is 19.2 Å². The topological polar surface area (TPSA) is 66.5 Å². The van der Waals surface area contributed by atoms with Gasteiger partial charge in [-0.3, -0.25) is 9.10 Å². The van der Waals surface area contributed by atoms with Crippen molar-refractivity contribution in [2.75, 3.05) is 10.6 Å². The number of nitrogens with zero attached hydrogens (tertiary/aromatic N) is 1. The molecule has 0 aromatic heterocycles. The van der Waals surface area contributed by atoms with Crippen LogP contribution in [0.5, 0.6) is 0 Å². The van der Waals surface area contributed by atoms with E-state index < -0.39 is 16.1 Å². The highest BCUT2D eigenvalue weighted by molar-refractivity contribution is 7.92. The number of rotatable bonds is 8. The Kier molecular flexibility index (Phi) is 7.49. The quantitative estimate of drug-likeness (QED) is 0.685. The van der Waals surface area contributed by atoms with E-state index in [1.807, 2.05) is 30.3 Å². The monoisotopic (exact) mass is 422 g/mol. The van der Waals surface area contributed by atoms with Crippen LogP contribution >= 0.6 is 11.6 Å². The Morgan fingerprint density at radius 2 is 1.71 bits per heavy atom. The maximum Gasteiger partial charge on any atom is 0.244 e. The summed E-state index contributed by atoms with van der Waals surface area (Å²) < 4.78 is 26.0. The van der Waals surface area contributed by atoms with E-state index in [1.54, 1.807) is 25.1 Å². The molecule has 0 fully saturated rings. The van der Waals surface area contributed by atoms with Crippen molar-refractivity contribution < 1.29 is 13.2 Å². The SMILES string of the molecule is CC(C)CC(NC(=O)C(C)N(c1cccc(Cl)c1)S(C)(=O)=O)c1ccccc1. The van der Waals surface area contributed by atoms with Crippen LogP contribution in [0.3, 0.4) is 0 Å². The highest BCUT2D eigenvalue weighted by Crippen LogP contribution is 2.26. The standard InChI is InChI=1S/C21H27ClN2O3S/c1-15(2)13-20(17-9-6-5-7-10-17)23-21(25)16(3)24(28(4,26)27)19-12-8-11-18(22)14-19/h5-12,14-16,20H,13H2,1-4H3,(H,23,25). The smallest absolute Gasteiger partial charge is 0.244 e. The first-order valence-corrected chi connectivity index (χ1v) is 11.4. The third kappa shape index (κ3) is 5.97. The number of hydrogen-bond donors (Lipinski definition) is 1. The normalized spacial score (nSPS) is 13.8. The fraction of sp³-hybridized carbons (Fsp3) is 0.381. The molecule has 0 aliphatic carbocycles. The van der Waals surface area contributed by atoms with Crippen molar-refractivity contribution in [3.63, 3.8) is 0 Å². The van der Waals surface area contributed by atoms with Crippen LogP contribution in [0, 0.1) is 5.92 Å². The van der Waals surface area contributed by atoms with Gasteiger partial charge in [0.15, 0.2) is 0 Å². The lowest BCUT2D eigenvalue weighted by Crippen LogP contribution is -2.48. The molecule has 0 bridgehead atoms. The molecule has 2 aromatic carbocycles. The first kappa shape index (κ1) is 22.2. The summed E-state index contributed by atoms with van der Waals surface area (Å²) in [6.45, 7) is 5.75. The molecule has 2 atom stereocenters. The molecule has 0 aliphatic rings. The van der Waals surface area contributed by atoms with E-state index >= 15 is 0 Å². The number of sulfonamides is 1. The van der Waals surface area contributed by atoms with Gasteiger partial charge in [-0.1, -0.05) is 61.8 Å². The molecular formula is C21H27ClN2O3S. The van der Waals surface area contributed by atoms with Crippen LogP contribution in [0.2, 0.25) is 5.02 Å². The second-order valence-electron chi connectivity index (χ2n) is 7.32. The summed E-state index contributed by atoms with van der Waals surface area (Å²) in [7, 11) is -3.69. The van der Waals surface area contributed by atoms with Crippen molar-refractivity contribution in [1.29, 1.82) is 0 Å². The van der Waals surface area contributed by atoms with Gasteiger partial charge in [-0.05, 0) is 43.0 Å². The van der Waals surface area contributed by atoms with Crippen LogP contribution < -0.4 is 9.62 Å². The molecule has 7 heteroatoms. The van der Waals surface area contributed by atoms with E-state index in [1.165, 1.54) is 6.07 Å². The Morgan fingerprint density at radius 1 is 1.07 bits per heavy atom. The summed E-state index contributed by atoms with van der Waals surface area (Å²) in [6.07, 6.45) is 1.83. The number of nitrogens with one attached hydrogen (secondary N) is 1. The summed E-state index contributed by atoms with van der Waals surface area (Å²) in [5.41, 5.74) is 1.35. The highest BCUT2D eigenvalue weighted by Gasteiger charge is 2.30. The molecule has 28 heavy (non-hydrogen) atoms. The second-order valence-corrected chi connectivity index (χ2v) is 9.61. The van der Waals surface area contributed by atoms with Gasteiger partial charge in [0, 0.05) is 5.02 Å². The minimum absolute atomic E-state index is 0.197. The average molecular weight is 423 g/mol. The second kappa shape index (κ2) is 9.43. The molecule has 0 heterocycles. The Balaban J connectivity index is 2.30. The average Bonchev–Trinajstić information content (AvgIpc) is 2.60. The molecule has 1 amide bonds. The number of halogens is 1. The van der Waals surface area contributed by atoms with E-state index in [4.69, 9.17) is 11.6 Å². The van der Waals surface area contributed by atoms with Gasteiger partial charge < -0.3 is 5.32 Å². The van der Waals surface area contributed by atoms with Gasteiger partial charge in [-0.15, -0.1) is 0 Å². The fourth-order valence-electron chi connectivity index (χ4n) is 3.15. The van der Waals surface area contributed by atoms with Crippen molar-refractivity contribution in [2.45, 2.75) is 39.3 Å². The van der Waals surface area contributed by atoms with Crippen LogP contribution in [-0.2, 0) is 14.8 Å². The number of carbonyl (C=O) groups excluding carboxylic acids is 1. The van der Waals surface area contributed by atoms with Gasteiger partial charge in [0.05, 0.1) is 18.0 Å². The minimum atomic E-state index is -3.69. The van der Waals surface area contributed by atoms with Crippen LogP contribution in [0.1, 0.15) is 38.8 Å². The molecule has 2 rings (SSSR count). The predicted molar refractivity (Wildman–Crippen MR) is 115 cm³/mol. The number of amides is 1. The molecular weight excluding hydrogens is 396 g/mol. The third-order valence-electron chi connectivity index (χ3n) is 4.38. The predicted octanol–water partition coefficient (Wildman–Crippen LogP) is 4.40. The van der Waals surface area contributed by atoms with Gasteiger partial charge in [0.25, 0.3) is 0 Å². The zero-order valence-electron chi connectivity index (χ0n) is 16.6. The van der Waals surface area contributed by atoms with Gasteiger partial charge >= 0.3 is 0 Å². The van der Waals surface area contributed by atoms with Crippen molar-refractivity contribution in [1.82, 2.24) is 5.32 Å². The molecule has 0 radical (unpaired) electrons. The molecule has 0 aliphatic heterocycles. The molecule has 152 valence electrons. The lowest BCUT2D eigenvalue weighted by Gasteiger charge is -2.30. The maximum absolute atomic E-state index is 13.0. The van der Waals surface area contributed by atoms with E-state index in [0.29, 0.717) is 16.6 Å². The number of benzene rings is 2. The molecule has 0 spiro atoms. The van der Waals surface area contributed by atoms with E-state index in [0.717, 1.165) is 22.5 Å². The first-order valence-electron chi connectivity index (χ1n) is 9.20. The van der Waals surface area contributed by atoms with Crippen molar-refractivity contribution in [3.05, 3.63) is 65.2 Å². The van der Waals surface area contributed by atoms with Crippen LogP contribution in [-0.4, -0.2) is 26.6 Å². The summed E-state index contributed by atoms with van der Waals surface area (Å²) in [6, 6.07) is 15.0. The summed E-state index contributed by atoms with van der Waals surface area (Å²) >= 11 is 6.02. The Hall–Kier alpha value is -2.05. The van der Waals surface area contributed by atoms with Crippen LogP contribution in [0.4, 0.5) is 5.69 Å². The number of hydrogen-bond acceptors (Lipinski definition) is 3. The fourth-order valence-corrected chi connectivity index (χ4v) is 4.50. The zero-order valence-corrected chi connectivity index (χ0v) is 18.2. The Labute approximate surface area is 172 Å². The van der Waals surface area contributed by atoms with Crippen molar-refractivity contribution >= 4 is 33.2 Å². The third-order valence-corrected chi connectivity index (χ3v) is 5.85. The van der Waals surface area contributed by atoms with Crippen LogP contribution in [0.15, 0.2) is 54.6 Å². The highest BCUT2D eigenvalue weighted by atomic mass is 35.5. The maximum atomic E-state index is 13.0. The first-order chi connectivity index (χ1) is 13.1. The van der Waals surface area contributed by atoms with E-state index in [9.17, 15) is 13.2 Å². The summed E-state index contributed by atoms with van der Waals surface area (Å²) in [5, 5.41) is 3.43. The van der Waals surface area contributed by atoms with E-state index in [-0.39, 0.29) is 11.9 Å². The molecule has 5 nitrogen and oxygen atoms in total. The number of anilines is 1.